The Balaban J connectivity index is 1.74. The zero-order valence-corrected chi connectivity index (χ0v) is 18.7. The number of halogens is 6. The van der Waals surface area contributed by atoms with Gasteiger partial charge in [0.15, 0.2) is 5.82 Å². The molecule has 4 rings (SSSR count). The van der Waals surface area contributed by atoms with E-state index < -0.39 is 35.9 Å². The Morgan fingerprint density at radius 3 is 2.46 bits per heavy atom. The molecule has 0 aromatic carbocycles. The third kappa shape index (κ3) is 6.50. The van der Waals surface area contributed by atoms with Gasteiger partial charge < -0.3 is 20.6 Å². The van der Waals surface area contributed by atoms with E-state index in [-0.39, 0.29) is 35.6 Å². The maximum atomic E-state index is 13.2. The summed E-state index contributed by atoms with van der Waals surface area (Å²) in [6.45, 7) is 0.545. The first-order valence-corrected chi connectivity index (χ1v) is 10.7. The Hall–Kier alpha value is -4.24. The van der Waals surface area contributed by atoms with E-state index in [1.54, 1.807) is 4.90 Å². The zero-order chi connectivity index (χ0) is 26.8. The van der Waals surface area contributed by atoms with Crippen LogP contribution in [0.3, 0.4) is 0 Å². The number of nitrogens with one attached hydrogen (secondary N) is 2. The summed E-state index contributed by atoms with van der Waals surface area (Å²) in [5.41, 5.74) is -2.68. The summed E-state index contributed by atoms with van der Waals surface area (Å²) in [6, 6.07) is 4.62. The largest absolute Gasteiger partial charge is 0.465 e. The molecule has 196 valence electrons. The molecule has 1 amide bonds. The average Bonchev–Trinajstić information content (AvgIpc) is 2.83. The van der Waals surface area contributed by atoms with Gasteiger partial charge >= 0.3 is 18.4 Å². The summed E-state index contributed by atoms with van der Waals surface area (Å²) in [5, 5.41) is 14.0. The van der Waals surface area contributed by atoms with Crippen LogP contribution in [0.2, 0.25) is 0 Å². The lowest BCUT2D eigenvalue weighted by atomic mass is 10.1. The molecule has 3 aromatic heterocycles. The van der Waals surface area contributed by atoms with Gasteiger partial charge in [-0.1, -0.05) is 6.07 Å². The summed E-state index contributed by atoms with van der Waals surface area (Å²) in [6.07, 6.45) is -8.66. The maximum absolute atomic E-state index is 13.2. The van der Waals surface area contributed by atoms with Crippen LogP contribution in [0.1, 0.15) is 24.2 Å². The second-order valence-corrected chi connectivity index (χ2v) is 7.98. The SMILES string of the molecule is O=C(O)NC1CCCN(c2nc(Nc3ccnc(C(F)(F)F)c3)nc(-c3cccc(C(F)(F)F)n3)n2)C1. The molecule has 1 unspecified atom stereocenters. The molecule has 3 N–H and O–H groups in total. The molecule has 0 bridgehead atoms. The highest BCUT2D eigenvalue weighted by Crippen LogP contribution is 2.31. The quantitative estimate of drug-likeness (QED) is 0.414. The van der Waals surface area contributed by atoms with E-state index in [9.17, 15) is 31.1 Å². The first-order valence-electron chi connectivity index (χ1n) is 10.7. The van der Waals surface area contributed by atoms with Gasteiger partial charge in [-0.3, -0.25) is 4.98 Å². The minimum absolute atomic E-state index is 0.0197. The van der Waals surface area contributed by atoms with E-state index in [1.165, 1.54) is 12.1 Å². The molecule has 1 fully saturated rings. The lowest BCUT2D eigenvalue weighted by Gasteiger charge is -2.32. The Kier molecular flexibility index (Phi) is 7.00. The number of carboxylic acid groups (broad SMARTS) is 1. The zero-order valence-electron chi connectivity index (χ0n) is 18.7. The van der Waals surface area contributed by atoms with Crippen molar-refractivity contribution in [1.29, 1.82) is 0 Å². The number of nitrogens with zero attached hydrogens (tertiary/aromatic N) is 6. The Morgan fingerprint density at radius 1 is 1.00 bits per heavy atom. The second kappa shape index (κ2) is 10.0. The topological polar surface area (TPSA) is 129 Å². The molecule has 4 heterocycles. The van der Waals surface area contributed by atoms with Crippen molar-refractivity contribution in [1.82, 2.24) is 30.2 Å². The molecule has 0 radical (unpaired) electrons. The van der Waals surface area contributed by atoms with Crippen molar-refractivity contribution in [3.8, 4) is 11.5 Å². The second-order valence-electron chi connectivity index (χ2n) is 7.98. The first kappa shape index (κ1) is 25.8. The van der Waals surface area contributed by atoms with Crippen molar-refractivity contribution in [2.24, 2.45) is 0 Å². The van der Waals surface area contributed by atoms with Gasteiger partial charge in [-0.15, -0.1) is 0 Å². The van der Waals surface area contributed by atoms with E-state index >= 15 is 0 Å². The minimum atomic E-state index is -4.74. The molecule has 0 spiro atoms. The fraction of sp³-hybridized carbons (Fsp3) is 0.333. The highest BCUT2D eigenvalue weighted by molar-refractivity contribution is 5.65. The third-order valence-corrected chi connectivity index (χ3v) is 5.23. The van der Waals surface area contributed by atoms with Gasteiger partial charge in [0.1, 0.15) is 17.1 Å². The Bertz CT molecular complexity index is 1290. The molecule has 1 saturated heterocycles. The highest BCUT2D eigenvalue weighted by Gasteiger charge is 2.34. The van der Waals surface area contributed by atoms with Crippen LogP contribution >= 0.6 is 0 Å². The monoisotopic (exact) mass is 528 g/mol. The number of rotatable bonds is 5. The number of pyridine rings is 2. The van der Waals surface area contributed by atoms with Crippen LogP contribution in [0.15, 0.2) is 36.5 Å². The van der Waals surface area contributed by atoms with Gasteiger partial charge in [0.05, 0.1) is 0 Å². The van der Waals surface area contributed by atoms with Crippen molar-refractivity contribution in [3.05, 3.63) is 47.9 Å². The van der Waals surface area contributed by atoms with Crippen LogP contribution in [-0.2, 0) is 12.4 Å². The molecule has 3 aromatic rings. The number of amides is 1. The molecular formula is C21H18F6N8O2. The number of alkyl halides is 6. The maximum Gasteiger partial charge on any atom is 0.433 e. The summed E-state index contributed by atoms with van der Waals surface area (Å²) in [5.74, 6) is -0.544. The van der Waals surface area contributed by atoms with Crippen molar-refractivity contribution < 1.29 is 36.2 Å². The third-order valence-electron chi connectivity index (χ3n) is 5.23. The fourth-order valence-electron chi connectivity index (χ4n) is 3.64. The summed E-state index contributed by atoms with van der Waals surface area (Å²) >= 11 is 0. The van der Waals surface area contributed by atoms with Crippen LogP contribution in [0.5, 0.6) is 0 Å². The number of hydrogen-bond acceptors (Lipinski definition) is 8. The van der Waals surface area contributed by atoms with Crippen LogP contribution in [0.25, 0.3) is 11.5 Å². The van der Waals surface area contributed by atoms with Gasteiger partial charge in [0.2, 0.25) is 11.9 Å². The number of aromatic nitrogens is 5. The van der Waals surface area contributed by atoms with Crippen LogP contribution in [-0.4, -0.2) is 55.3 Å². The molecule has 1 aliphatic rings. The molecule has 37 heavy (non-hydrogen) atoms. The molecule has 1 atom stereocenters. The highest BCUT2D eigenvalue weighted by atomic mass is 19.4. The van der Waals surface area contributed by atoms with Gasteiger partial charge in [-0.05, 0) is 37.1 Å². The predicted molar refractivity (Wildman–Crippen MR) is 117 cm³/mol. The lowest BCUT2D eigenvalue weighted by Crippen LogP contribution is -2.48. The number of hydrogen-bond donors (Lipinski definition) is 3. The summed E-state index contributed by atoms with van der Waals surface area (Å²) in [4.78, 5) is 32.0. The van der Waals surface area contributed by atoms with Crippen molar-refractivity contribution >= 4 is 23.7 Å². The average molecular weight is 528 g/mol. The normalized spacial score (nSPS) is 16.4. The van der Waals surface area contributed by atoms with Crippen molar-refractivity contribution in [2.45, 2.75) is 31.2 Å². The molecular weight excluding hydrogens is 510 g/mol. The number of piperidine rings is 1. The fourth-order valence-corrected chi connectivity index (χ4v) is 3.64. The van der Waals surface area contributed by atoms with E-state index in [0.29, 0.717) is 19.4 Å². The molecule has 10 nitrogen and oxygen atoms in total. The molecule has 16 heteroatoms. The molecule has 0 aliphatic carbocycles. The van der Waals surface area contributed by atoms with E-state index in [2.05, 4.69) is 35.6 Å². The van der Waals surface area contributed by atoms with Gasteiger partial charge in [-0.2, -0.15) is 41.3 Å². The lowest BCUT2D eigenvalue weighted by molar-refractivity contribution is -0.141. The first-order chi connectivity index (χ1) is 17.4. The van der Waals surface area contributed by atoms with Gasteiger partial charge in [0, 0.05) is 31.0 Å². The van der Waals surface area contributed by atoms with E-state index in [4.69, 9.17) is 5.11 Å². The summed E-state index contributed by atoms with van der Waals surface area (Å²) in [7, 11) is 0. The smallest absolute Gasteiger partial charge is 0.433 e. The Labute approximate surface area is 204 Å². The Morgan fingerprint density at radius 2 is 1.76 bits per heavy atom. The molecule has 1 aliphatic heterocycles. The van der Waals surface area contributed by atoms with E-state index in [0.717, 1.165) is 24.4 Å². The molecule has 0 saturated carbocycles. The summed E-state index contributed by atoms with van der Waals surface area (Å²) < 4.78 is 78.9. The van der Waals surface area contributed by atoms with Crippen LogP contribution in [0.4, 0.5) is 48.7 Å². The minimum Gasteiger partial charge on any atom is -0.465 e. The number of anilines is 3. The van der Waals surface area contributed by atoms with Crippen LogP contribution < -0.4 is 15.5 Å². The standard InChI is InChI=1S/C21H18F6N8O2/c22-20(23,24)14-5-1-4-13(31-14)16-32-17(29-11-6-7-28-15(9-11)21(25,26)27)34-18(33-16)35-8-2-3-12(10-35)30-19(36)37/h1,4-7,9,12,30H,2-3,8,10H2,(H,36,37)(H,28,29,32,33,34). The van der Waals surface area contributed by atoms with Crippen molar-refractivity contribution in [2.75, 3.05) is 23.3 Å². The predicted octanol–water partition coefficient (Wildman–Crippen LogP) is 4.35. The van der Waals surface area contributed by atoms with E-state index in [1.807, 2.05) is 0 Å². The number of carbonyl (C=O) groups is 1. The van der Waals surface area contributed by atoms with Gasteiger partial charge in [-0.25, -0.2) is 9.78 Å². The van der Waals surface area contributed by atoms with Crippen molar-refractivity contribution in [3.63, 3.8) is 0 Å². The van der Waals surface area contributed by atoms with Crippen LogP contribution in [0, 0.1) is 0 Å². The van der Waals surface area contributed by atoms with Gasteiger partial charge in [0.25, 0.3) is 0 Å².